The Labute approximate surface area is 118 Å². The van der Waals surface area contributed by atoms with Crippen molar-refractivity contribution < 1.29 is 4.74 Å². The van der Waals surface area contributed by atoms with E-state index < -0.39 is 0 Å². The van der Waals surface area contributed by atoms with Crippen LogP contribution in [-0.4, -0.2) is 34.6 Å². The number of hydrogen-bond donors (Lipinski definition) is 1. The molecule has 5 nitrogen and oxygen atoms in total. The molecule has 20 heavy (non-hydrogen) atoms. The number of rotatable bonds is 3. The van der Waals surface area contributed by atoms with Gasteiger partial charge in [0.25, 0.3) is 0 Å². The maximum Gasteiger partial charge on any atom is 0.123 e. The average molecular weight is 270 g/mol. The van der Waals surface area contributed by atoms with Crippen molar-refractivity contribution in [3.8, 4) is 0 Å². The minimum atomic E-state index is -0.00547. The number of nitrogens with two attached hydrogens (primary N) is 1. The molecule has 1 atom stereocenters. The number of ether oxygens (including phenoxy) is 1. The molecule has 0 radical (unpaired) electrons. The van der Waals surface area contributed by atoms with Gasteiger partial charge in [-0.25, -0.2) is 4.98 Å². The molecule has 2 aromatic rings. The molecule has 3 heterocycles. The Balaban J connectivity index is 1.67. The second-order valence-corrected chi connectivity index (χ2v) is 4.94. The highest BCUT2D eigenvalue weighted by molar-refractivity contribution is 5.29. The Hall–Kier alpha value is -1.98. The highest BCUT2D eigenvalue weighted by atomic mass is 16.5. The van der Waals surface area contributed by atoms with E-state index >= 15 is 0 Å². The first-order valence-corrected chi connectivity index (χ1v) is 6.76. The Morgan fingerprint density at radius 1 is 1.25 bits per heavy atom. The maximum atomic E-state index is 5.81. The first-order valence-electron chi connectivity index (χ1n) is 6.76. The lowest BCUT2D eigenvalue weighted by Gasteiger charge is -2.32. The summed E-state index contributed by atoms with van der Waals surface area (Å²) in [5, 5.41) is 0. The molecule has 1 aliphatic rings. The van der Waals surface area contributed by atoms with Crippen molar-refractivity contribution in [1.82, 2.24) is 14.9 Å². The van der Waals surface area contributed by atoms with Crippen molar-refractivity contribution in [1.29, 1.82) is 0 Å². The van der Waals surface area contributed by atoms with Crippen molar-refractivity contribution in [2.75, 3.05) is 25.4 Å². The minimum absolute atomic E-state index is 0.00547. The fourth-order valence-electron chi connectivity index (χ4n) is 2.42. The number of nitrogen functional groups attached to an aromatic ring is 1. The third-order valence-corrected chi connectivity index (χ3v) is 3.43. The fourth-order valence-corrected chi connectivity index (χ4v) is 2.42. The normalized spacial score (nSPS) is 19.9. The molecular formula is C15H18N4O. The van der Waals surface area contributed by atoms with Crippen LogP contribution in [-0.2, 0) is 11.3 Å². The minimum Gasteiger partial charge on any atom is -0.384 e. The van der Waals surface area contributed by atoms with Gasteiger partial charge in [0.1, 0.15) is 11.9 Å². The summed E-state index contributed by atoms with van der Waals surface area (Å²) in [7, 11) is 0. The van der Waals surface area contributed by atoms with Gasteiger partial charge in [-0.2, -0.15) is 0 Å². The number of anilines is 1. The van der Waals surface area contributed by atoms with Crippen LogP contribution in [0, 0.1) is 0 Å². The van der Waals surface area contributed by atoms with Crippen LogP contribution in [0.3, 0.4) is 0 Å². The zero-order valence-electron chi connectivity index (χ0n) is 11.3. The topological polar surface area (TPSA) is 64.3 Å². The molecule has 5 heteroatoms. The lowest BCUT2D eigenvalue weighted by atomic mass is 10.1. The molecular weight excluding hydrogens is 252 g/mol. The van der Waals surface area contributed by atoms with E-state index in [0.29, 0.717) is 12.4 Å². The van der Waals surface area contributed by atoms with Crippen molar-refractivity contribution in [2.24, 2.45) is 0 Å². The van der Waals surface area contributed by atoms with Crippen LogP contribution in [0.15, 0.2) is 42.7 Å². The number of aromatic nitrogens is 2. The predicted octanol–water partition coefficient (Wildman–Crippen LogP) is 1.63. The van der Waals surface area contributed by atoms with Gasteiger partial charge >= 0.3 is 0 Å². The lowest BCUT2D eigenvalue weighted by Crippen LogP contribution is -2.38. The largest absolute Gasteiger partial charge is 0.384 e. The second-order valence-electron chi connectivity index (χ2n) is 4.94. The van der Waals surface area contributed by atoms with Crippen LogP contribution in [0.25, 0.3) is 0 Å². The molecule has 1 fully saturated rings. The monoisotopic (exact) mass is 270 g/mol. The zero-order chi connectivity index (χ0) is 13.8. The lowest BCUT2D eigenvalue weighted by molar-refractivity contribution is -0.0349. The molecule has 1 unspecified atom stereocenters. The molecule has 3 rings (SSSR count). The van der Waals surface area contributed by atoms with Crippen LogP contribution in [0.1, 0.15) is 17.4 Å². The first kappa shape index (κ1) is 13.0. The number of pyridine rings is 2. The Bertz CT molecular complexity index is 561. The Morgan fingerprint density at radius 3 is 2.90 bits per heavy atom. The summed E-state index contributed by atoms with van der Waals surface area (Å²) in [6.07, 6.45) is 3.65. The molecule has 2 aromatic heterocycles. The van der Waals surface area contributed by atoms with Crippen LogP contribution < -0.4 is 5.73 Å². The van der Waals surface area contributed by atoms with Gasteiger partial charge < -0.3 is 10.5 Å². The quantitative estimate of drug-likeness (QED) is 0.918. The van der Waals surface area contributed by atoms with Crippen LogP contribution in [0.5, 0.6) is 0 Å². The predicted molar refractivity (Wildman–Crippen MR) is 76.9 cm³/mol. The van der Waals surface area contributed by atoms with E-state index in [1.807, 2.05) is 36.7 Å². The van der Waals surface area contributed by atoms with E-state index in [1.165, 1.54) is 5.56 Å². The summed E-state index contributed by atoms with van der Waals surface area (Å²) in [5.41, 5.74) is 7.91. The van der Waals surface area contributed by atoms with Gasteiger partial charge in [-0.3, -0.25) is 9.88 Å². The van der Waals surface area contributed by atoms with Crippen molar-refractivity contribution in [3.63, 3.8) is 0 Å². The third-order valence-electron chi connectivity index (χ3n) is 3.43. The zero-order valence-corrected chi connectivity index (χ0v) is 11.3. The van der Waals surface area contributed by atoms with E-state index in [9.17, 15) is 0 Å². The number of hydrogen-bond acceptors (Lipinski definition) is 5. The smallest absolute Gasteiger partial charge is 0.123 e. The molecule has 0 bridgehead atoms. The second kappa shape index (κ2) is 5.98. The molecule has 0 saturated carbocycles. The molecule has 2 N–H and O–H groups in total. The number of morpholine rings is 1. The van der Waals surface area contributed by atoms with E-state index in [2.05, 4.69) is 14.9 Å². The Morgan fingerprint density at radius 2 is 2.10 bits per heavy atom. The summed E-state index contributed by atoms with van der Waals surface area (Å²) in [5.74, 6) is 0.539. The van der Waals surface area contributed by atoms with Gasteiger partial charge in [-0.1, -0.05) is 6.07 Å². The van der Waals surface area contributed by atoms with Gasteiger partial charge in [-0.15, -0.1) is 0 Å². The average Bonchev–Trinajstić information content (AvgIpc) is 2.49. The maximum absolute atomic E-state index is 5.81. The highest BCUT2D eigenvalue weighted by Crippen LogP contribution is 2.22. The SMILES string of the molecule is Nc1cccc(C2CN(Cc3ccncc3)CCO2)n1. The van der Waals surface area contributed by atoms with Crippen LogP contribution in [0.2, 0.25) is 0 Å². The summed E-state index contributed by atoms with van der Waals surface area (Å²) >= 11 is 0. The Kier molecular flexibility index (Phi) is 3.90. The molecule has 0 aliphatic carbocycles. The molecule has 104 valence electrons. The van der Waals surface area contributed by atoms with E-state index in [0.717, 1.165) is 25.3 Å². The van der Waals surface area contributed by atoms with Gasteiger partial charge in [-0.05, 0) is 29.8 Å². The fraction of sp³-hybridized carbons (Fsp3) is 0.333. The molecule has 0 spiro atoms. The standard InChI is InChI=1S/C15H18N4O/c16-15-3-1-2-13(18-15)14-11-19(8-9-20-14)10-12-4-6-17-7-5-12/h1-7,14H,8-11H2,(H2,16,18). The first-order chi connectivity index (χ1) is 9.81. The van der Waals surface area contributed by atoms with Crippen molar-refractivity contribution >= 4 is 5.82 Å². The highest BCUT2D eigenvalue weighted by Gasteiger charge is 2.23. The molecule has 0 amide bonds. The summed E-state index contributed by atoms with van der Waals surface area (Å²) in [6.45, 7) is 3.39. The van der Waals surface area contributed by atoms with Gasteiger partial charge in [0.05, 0.1) is 12.3 Å². The van der Waals surface area contributed by atoms with E-state index in [1.54, 1.807) is 6.07 Å². The van der Waals surface area contributed by atoms with Crippen molar-refractivity contribution in [3.05, 3.63) is 54.0 Å². The number of nitrogens with zero attached hydrogens (tertiary/aromatic N) is 3. The molecule has 0 aromatic carbocycles. The van der Waals surface area contributed by atoms with Gasteiger partial charge in [0, 0.05) is 32.0 Å². The van der Waals surface area contributed by atoms with E-state index in [-0.39, 0.29) is 6.10 Å². The summed E-state index contributed by atoms with van der Waals surface area (Å²) in [4.78, 5) is 10.8. The van der Waals surface area contributed by atoms with E-state index in [4.69, 9.17) is 10.5 Å². The van der Waals surface area contributed by atoms with Crippen molar-refractivity contribution in [2.45, 2.75) is 12.6 Å². The van der Waals surface area contributed by atoms with Crippen LogP contribution in [0.4, 0.5) is 5.82 Å². The summed E-state index contributed by atoms with van der Waals surface area (Å²) < 4.78 is 5.81. The molecule has 1 aliphatic heterocycles. The van der Waals surface area contributed by atoms with Gasteiger partial charge in [0.2, 0.25) is 0 Å². The van der Waals surface area contributed by atoms with Gasteiger partial charge in [0.15, 0.2) is 0 Å². The molecule has 1 saturated heterocycles. The third kappa shape index (κ3) is 3.12. The summed E-state index contributed by atoms with van der Waals surface area (Å²) in [6, 6.07) is 9.77. The van der Waals surface area contributed by atoms with Crippen LogP contribution >= 0.6 is 0 Å².